The minimum atomic E-state index is 0.708. The van der Waals surface area contributed by atoms with E-state index in [2.05, 4.69) is 27.2 Å². The standard InChI is InChI=1S/C16H28N4/c1-20-12-11-19-16(20)8-10-18-14-6-3-2-5-13(14)15-7-4-9-17-15/h11-15,17-18H,2-10H2,1H3. The second kappa shape index (κ2) is 6.72. The average molecular weight is 276 g/mol. The number of nitrogens with one attached hydrogen (secondary N) is 2. The van der Waals surface area contributed by atoms with Crippen LogP contribution in [0, 0.1) is 5.92 Å². The maximum absolute atomic E-state index is 4.41. The van der Waals surface area contributed by atoms with Crippen LogP contribution in [0.5, 0.6) is 0 Å². The molecular weight excluding hydrogens is 248 g/mol. The van der Waals surface area contributed by atoms with Crippen molar-refractivity contribution in [1.82, 2.24) is 20.2 Å². The lowest BCUT2D eigenvalue weighted by Crippen LogP contribution is -2.47. The molecule has 20 heavy (non-hydrogen) atoms. The maximum atomic E-state index is 4.41. The minimum Gasteiger partial charge on any atom is -0.338 e. The Kier molecular flexibility index (Phi) is 4.73. The molecule has 4 heteroatoms. The molecule has 2 fully saturated rings. The summed E-state index contributed by atoms with van der Waals surface area (Å²) >= 11 is 0. The summed E-state index contributed by atoms with van der Waals surface area (Å²) in [5, 5.41) is 7.53. The van der Waals surface area contributed by atoms with Gasteiger partial charge < -0.3 is 15.2 Å². The molecule has 0 amide bonds. The number of hydrogen-bond donors (Lipinski definition) is 2. The van der Waals surface area contributed by atoms with Gasteiger partial charge in [-0.05, 0) is 38.1 Å². The zero-order valence-corrected chi connectivity index (χ0v) is 12.6. The van der Waals surface area contributed by atoms with Crippen LogP contribution in [0.1, 0.15) is 44.3 Å². The second-order valence-electron chi connectivity index (χ2n) is 6.42. The van der Waals surface area contributed by atoms with E-state index in [1.54, 1.807) is 0 Å². The van der Waals surface area contributed by atoms with Gasteiger partial charge in [0.2, 0.25) is 0 Å². The Labute approximate surface area is 122 Å². The highest BCUT2D eigenvalue weighted by Gasteiger charge is 2.32. The van der Waals surface area contributed by atoms with Crippen molar-refractivity contribution in [2.45, 2.75) is 57.0 Å². The van der Waals surface area contributed by atoms with Crippen molar-refractivity contribution < 1.29 is 0 Å². The molecule has 1 saturated carbocycles. The first-order chi connectivity index (χ1) is 9.84. The van der Waals surface area contributed by atoms with Crippen LogP contribution < -0.4 is 10.6 Å². The minimum absolute atomic E-state index is 0.708. The van der Waals surface area contributed by atoms with Crippen molar-refractivity contribution in [3.63, 3.8) is 0 Å². The molecule has 112 valence electrons. The average Bonchev–Trinajstić information content (AvgIpc) is 3.12. The molecule has 1 aromatic rings. The summed E-state index contributed by atoms with van der Waals surface area (Å²) in [5.74, 6) is 2.02. The highest BCUT2D eigenvalue weighted by molar-refractivity contribution is 4.94. The first-order valence-electron chi connectivity index (χ1n) is 8.27. The molecule has 1 saturated heterocycles. The fourth-order valence-electron chi connectivity index (χ4n) is 3.98. The molecule has 0 radical (unpaired) electrons. The Hall–Kier alpha value is -0.870. The van der Waals surface area contributed by atoms with E-state index in [-0.39, 0.29) is 0 Å². The Morgan fingerprint density at radius 2 is 2.20 bits per heavy atom. The number of aryl methyl sites for hydroxylation is 1. The third-order valence-electron chi connectivity index (χ3n) is 5.11. The molecule has 3 atom stereocenters. The van der Waals surface area contributed by atoms with Gasteiger partial charge in [0, 0.05) is 44.5 Å². The molecule has 3 rings (SSSR count). The largest absolute Gasteiger partial charge is 0.338 e. The molecule has 3 unspecified atom stereocenters. The van der Waals surface area contributed by atoms with Gasteiger partial charge in [-0.1, -0.05) is 12.8 Å². The molecule has 1 aromatic heterocycles. The number of nitrogens with zero attached hydrogens (tertiary/aromatic N) is 2. The van der Waals surface area contributed by atoms with Gasteiger partial charge in [0.15, 0.2) is 0 Å². The summed E-state index contributed by atoms with van der Waals surface area (Å²) in [7, 11) is 2.08. The quantitative estimate of drug-likeness (QED) is 0.862. The van der Waals surface area contributed by atoms with E-state index in [9.17, 15) is 0 Å². The van der Waals surface area contributed by atoms with E-state index in [0.29, 0.717) is 6.04 Å². The molecule has 1 aliphatic heterocycles. The van der Waals surface area contributed by atoms with Gasteiger partial charge >= 0.3 is 0 Å². The van der Waals surface area contributed by atoms with Gasteiger partial charge in [-0.3, -0.25) is 0 Å². The third-order valence-corrected chi connectivity index (χ3v) is 5.11. The van der Waals surface area contributed by atoms with Crippen LogP contribution in [0.3, 0.4) is 0 Å². The van der Waals surface area contributed by atoms with Crippen LogP contribution in [0.4, 0.5) is 0 Å². The number of imidazole rings is 1. The van der Waals surface area contributed by atoms with Crippen molar-refractivity contribution in [3.8, 4) is 0 Å². The SMILES string of the molecule is Cn1ccnc1CCNC1CCCCC1C1CCCN1. The van der Waals surface area contributed by atoms with Crippen molar-refractivity contribution >= 4 is 0 Å². The Morgan fingerprint density at radius 1 is 1.30 bits per heavy atom. The van der Waals surface area contributed by atoms with Gasteiger partial charge in [-0.15, -0.1) is 0 Å². The highest BCUT2D eigenvalue weighted by atomic mass is 15.0. The van der Waals surface area contributed by atoms with Crippen molar-refractivity contribution in [3.05, 3.63) is 18.2 Å². The summed E-state index contributed by atoms with van der Waals surface area (Å²) in [6.07, 6.45) is 13.3. The number of hydrogen-bond acceptors (Lipinski definition) is 3. The lowest BCUT2D eigenvalue weighted by atomic mass is 9.79. The summed E-state index contributed by atoms with van der Waals surface area (Å²) in [5.41, 5.74) is 0. The summed E-state index contributed by atoms with van der Waals surface area (Å²) in [6.45, 7) is 2.28. The van der Waals surface area contributed by atoms with E-state index in [0.717, 1.165) is 24.9 Å². The summed E-state index contributed by atoms with van der Waals surface area (Å²) < 4.78 is 2.12. The molecule has 0 aromatic carbocycles. The predicted octanol–water partition coefficient (Wildman–Crippen LogP) is 1.86. The van der Waals surface area contributed by atoms with Gasteiger partial charge in [-0.25, -0.2) is 4.98 Å². The van der Waals surface area contributed by atoms with E-state index < -0.39 is 0 Å². The van der Waals surface area contributed by atoms with E-state index >= 15 is 0 Å². The fraction of sp³-hybridized carbons (Fsp3) is 0.812. The molecule has 2 heterocycles. The molecule has 2 N–H and O–H groups in total. The Bertz CT molecular complexity index is 408. The van der Waals surface area contributed by atoms with Crippen LogP contribution in [0.25, 0.3) is 0 Å². The van der Waals surface area contributed by atoms with Crippen LogP contribution in [0.15, 0.2) is 12.4 Å². The first kappa shape index (κ1) is 14.1. The Morgan fingerprint density at radius 3 is 2.95 bits per heavy atom. The van der Waals surface area contributed by atoms with Crippen LogP contribution >= 0.6 is 0 Å². The zero-order valence-electron chi connectivity index (χ0n) is 12.6. The van der Waals surface area contributed by atoms with Crippen molar-refractivity contribution in [2.24, 2.45) is 13.0 Å². The summed E-state index contributed by atoms with van der Waals surface area (Å²) in [4.78, 5) is 4.41. The molecule has 4 nitrogen and oxygen atoms in total. The van der Waals surface area contributed by atoms with Crippen molar-refractivity contribution in [2.75, 3.05) is 13.1 Å². The van der Waals surface area contributed by atoms with Gasteiger partial charge in [0.1, 0.15) is 5.82 Å². The van der Waals surface area contributed by atoms with E-state index in [1.807, 2.05) is 12.4 Å². The van der Waals surface area contributed by atoms with E-state index in [1.165, 1.54) is 50.9 Å². The maximum Gasteiger partial charge on any atom is 0.109 e. The number of aromatic nitrogens is 2. The van der Waals surface area contributed by atoms with Crippen LogP contribution in [-0.4, -0.2) is 34.7 Å². The van der Waals surface area contributed by atoms with Gasteiger partial charge in [0.05, 0.1) is 0 Å². The molecule has 0 bridgehead atoms. The smallest absolute Gasteiger partial charge is 0.109 e. The van der Waals surface area contributed by atoms with Gasteiger partial charge in [0.25, 0.3) is 0 Å². The van der Waals surface area contributed by atoms with Crippen LogP contribution in [0.2, 0.25) is 0 Å². The van der Waals surface area contributed by atoms with E-state index in [4.69, 9.17) is 0 Å². The fourth-order valence-corrected chi connectivity index (χ4v) is 3.98. The topological polar surface area (TPSA) is 41.9 Å². The van der Waals surface area contributed by atoms with Crippen LogP contribution in [-0.2, 0) is 13.5 Å². The second-order valence-corrected chi connectivity index (χ2v) is 6.42. The third kappa shape index (κ3) is 3.23. The van der Waals surface area contributed by atoms with Crippen molar-refractivity contribution in [1.29, 1.82) is 0 Å². The lowest BCUT2D eigenvalue weighted by molar-refractivity contribution is 0.215. The highest BCUT2D eigenvalue weighted by Crippen LogP contribution is 2.30. The molecular formula is C16H28N4. The zero-order chi connectivity index (χ0) is 13.8. The molecule has 2 aliphatic rings. The normalized spacial score (nSPS) is 30.8. The molecule has 0 spiro atoms. The number of rotatable bonds is 5. The summed E-state index contributed by atoms with van der Waals surface area (Å²) in [6, 6.07) is 1.47. The molecule has 1 aliphatic carbocycles. The predicted molar refractivity (Wildman–Crippen MR) is 81.7 cm³/mol. The first-order valence-corrected chi connectivity index (χ1v) is 8.27. The van der Waals surface area contributed by atoms with Gasteiger partial charge in [-0.2, -0.15) is 0 Å². The lowest BCUT2D eigenvalue weighted by Gasteiger charge is -2.36. The Balaban J connectivity index is 1.50. The monoisotopic (exact) mass is 276 g/mol.